The van der Waals surface area contributed by atoms with Gasteiger partial charge >= 0.3 is 0 Å². The number of benzene rings is 1. The number of ether oxygens (including phenoxy) is 2. The first-order valence-corrected chi connectivity index (χ1v) is 6.60. The van der Waals surface area contributed by atoms with Gasteiger partial charge in [0.15, 0.2) is 0 Å². The minimum Gasteiger partial charge on any atom is -0.488 e. The summed E-state index contributed by atoms with van der Waals surface area (Å²) >= 11 is 0. The molecule has 0 saturated carbocycles. The van der Waals surface area contributed by atoms with Crippen molar-refractivity contribution >= 4 is 5.91 Å². The van der Waals surface area contributed by atoms with Gasteiger partial charge in [-0.3, -0.25) is 4.79 Å². The van der Waals surface area contributed by atoms with E-state index in [-0.39, 0.29) is 24.4 Å². The van der Waals surface area contributed by atoms with Crippen LogP contribution in [0, 0.1) is 5.82 Å². The van der Waals surface area contributed by atoms with Crippen LogP contribution in [0.3, 0.4) is 0 Å². The van der Waals surface area contributed by atoms with Crippen LogP contribution in [0.1, 0.15) is 5.56 Å². The highest BCUT2D eigenvalue weighted by atomic mass is 19.1. The van der Waals surface area contributed by atoms with Crippen molar-refractivity contribution in [2.24, 2.45) is 0 Å². The maximum absolute atomic E-state index is 13.1. The van der Waals surface area contributed by atoms with Gasteiger partial charge in [-0.1, -0.05) is 0 Å². The summed E-state index contributed by atoms with van der Waals surface area (Å²) in [6, 6.07) is 4.52. The summed E-state index contributed by atoms with van der Waals surface area (Å²) in [6.07, 6.45) is 0.601. The molecule has 1 aromatic rings. The van der Waals surface area contributed by atoms with Crippen LogP contribution in [0.4, 0.5) is 4.39 Å². The van der Waals surface area contributed by atoms with E-state index in [9.17, 15) is 9.18 Å². The highest BCUT2D eigenvalue weighted by Crippen LogP contribution is 2.28. The third-order valence-corrected chi connectivity index (χ3v) is 3.05. The molecule has 0 radical (unpaired) electrons. The molecule has 1 unspecified atom stereocenters. The van der Waals surface area contributed by atoms with Crippen LogP contribution < -0.4 is 15.4 Å². The van der Waals surface area contributed by atoms with Gasteiger partial charge in [0, 0.05) is 32.2 Å². The molecule has 6 heteroatoms. The van der Waals surface area contributed by atoms with Crippen molar-refractivity contribution in [1.29, 1.82) is 0 Å². The van der Waals surface area contributed by atoms with Crippen LogP contribution in [0.15, 0.2) is 18.2 Å². The monoisotopic (exact) mass is 282 g/mol. The summed E-state index contributed by atoms with van der Waals surface area (Å²) in [5.74, 6) is 0.393. The molecule has 110 valence electrons. The van der Waals surface area contributed by atoms with Gasteiger partial charge in [-0.25, -0.2) is 4.39 Å². The predicted molar refractivity (Wildman–Crippen MR) is 72.3 cm³/mol. The van der Waals surface area contributed by atoms with E-state index < -0.39 is 0 Å². The highest BCUT2D eigenvalue weighted by Gasteiger charge is 2.22. The molecule has 0 spiro atoms. The molecule has 1 heterocycles. The fourth-order valence-corrected chi connectivity index (χ4v) is 2.10. The van der Waals surface area contributed by atoms with E-state index in [1.165, 1.54) is 12.1 Å². The first-order valence-electron chi connectivity index (χ1n) is 6.60. The minimum absolute atomic E-state index is 0.0569. The van der Waals surface area contributed by atoms with Crippen LogP contribution in [0.5, 0.6) is 5.75 Å². The average molecular weight is 282 g/mol. The summed E-state index contributed by atoms with van der Waals surface area (Å²) in [4.78, 5) is 11.4. The topological polar surface area (TPSA) is 59.6 Å². The molecule has 0 fully saturated rings. The molecule has 0 aliphatic carbocycles. The molecule has 1 aliphatic heterocycles. The molecule has 2 rings (SSSR count). The molecular weight excluding hydrogens is 263 g/mol. The largest absolute Gasteiger partial charge is 0.488 e. The molecule has 2 N–H and O–H groups in total. The van der Waals surface area contributed by atoms with Crippen LogP contribution in [-0.4, -0.2) is 45.4 Å². The zero-order valence-electron chi connectivity index (χ0n) is 11.4. The number of carbonyl (C=O) groups is 1. The third kappa shape index (κ3) is 4.18. The van der Waals surface area contributed by atoms with E-state index >= 15 is 0 Å². The van der Waals surface area contributed by atoms with E-state index in [0.29, 0.717) is 26.1 Å². The van der Waals surface area contributed by atoms with Gasteiger partial charge in [-0.15, -0.1) is 0 Å². The Morgan fingerprint density at radius 1 is 1.55 bits per heavy atom. The standard InChI is InChI=1S/C14H19FN2O3/c1-19-5-4-17-14(18)9-16-8-12-7-10-6-11(15)2-3-13(10)20-12/h2-3,6,12,16H,4-5,7-9H2,1H3,(H,17,18). The third-order valence-electron chi connectivity index (χ3n) is 3.05. The number of halogens is 1. The minimum atomic E-state index is -0.251. The molecule has 0 saturated heterocycles. The zero-order valence-corrected chi connectivity index (χ0v) is 11.4. The number of rotatable bonds is 7. The van der Waals surface area contributed by atoms with Crippen molar-refractivity contribution in [3.05, 3.63) is 29.6 Å². The van der Waals surface area contributed by atoms with Crippen LogP contribution in [0.25, 0.3) is 0 Å². The second-order valence-corrected chi connectivity index (χ2v) is 4.67. The van der Waals surface area contributed by atoms with E-state index in [0.717, 1.165) is 11.3 Å². The number of hydrogen-bond acceptors (Lipinski definition) is 4. The van der Waals surface area contributed by atoms with Gasteiger partial charge in [-0.2, -0.15) is 0 Å². The maximum Gasteiger partial charge on any atom is 0.234 e. The zero-order chi connectivity index (χ0) is 14.4. The summed E-state index contributed by atoms with van der Waals surface area (Å²) in [7, 11) is 1.59. The van der Waals surface area contributed by atoms with Crippen molar-refractivity contribution in [2.75, 3.05) is 33.4 Å². The van der Waals surface area contributed by atoms with E-state index in [2.05, 4.69) is 10.6 Å². The average Bonchev–Trinajstić information content (AvgIpc) is 2.81. The van der Waals surface area contributed by atoms with Crippen molar-refractivity contribution in [3.63, 3.8) is 0 Å². The van der Waals surface area contributed by atoms with E-state index in [1.54, 1.807) is 13.2 Å². The lowest BCUT2D eigenvalue weighted by molar-refractivity contribution is -0.120. The first kappa shape index (κ1) is 14.7. The predicted octanol–water partition coefficient (Wildman–Crippen LogP) is 0.481. The Bertz CT molecular complexity index is 468. The Balaban J connectivity index is 1.66. The quantitative estimate of drug-likeness (QED) is 0.714. The second kappa shape index (κ2) is 7.21. The molecular formula is C14H19FN2O3. The molecule has 1 aromatic carbocycles. The van der Waals surface area contributed by atoms with Gasteiger partial charge in [0.2, 0.25) is 5.91 Å². The Hall–Kier alpha value is -1.66. The van der Waals surface area contributed by atoms with Crippen molar-refractivity contribution < 1.29 is 18.7 Å². The SMILES string of the molecule is COCCNC(=O)CNCC1Cc2cc(F)ccc2O1. The Morgan fingerprint density at radius 2 is 2.40 bits per heavy atom. The molecule has 1 amide bonds. The highest BCUT2D eigenvalue weighted by molar-refractivity contribution is 5.77. The summed E-state index contributed by atoms with van der Waals surface area (Å²) < 4.78 is 23.6. The molecule has 20 heavy (non-hydrogen) atoms. The number of carbonyl (C=O) groups excluding carboxylic acids is 1. The van der Waals surface area contributed by atoms with Crippen molar-refractivity contribution in [2.45, 2.75) is 12.5 Å². The van der Waals surface area contributed by atoms with Crippen LogP contribution >= 0.6 is 0 Å². The smallest absolute Gasteiger partial charge is 0.234 e. The Kier molecular flexibility index (Phi) is 5.31. The van der Waals surface area contributed by atoms with Gasteiger partial charge in [0.05, 0.1) is 13.2 Å². The lowest BCUT2D eigenvalue weighted by Gasteiger charge is -2.11. The van der Waals surface area contributed by atoms with E-state index in [1.807, 2.05) is 0 Å². The van der Waals surface area contributed by atoms with Crippen molar-refractivity contribution in [3.8, 4) is 5.75 Å². The number of nitrogens with one attached hydrogen (secondary N) is 2. The Labute approximate surface area is 117 Å². The van der Waals surface area contributed by atoms with Gasteiger partial charge in [0.25, 0.3) is 0 Å². The fourth-order valence-electron chi connectivity index (χ4n) is 2.10. The van der Waals surface area contributed by atoms with Crippen LogP contribution in [0.2, 0.25) is 0 Å². The Morgan fingerprint density at radius 3 is 3.20 bits per heavy atom. The molecule has 0 bridgehead atoms. The van der Waals surface area contributed by atoms with Crippen LogP contribution in [-0.2, 0) is 16.0 Å². The molecule has 5 nitrogen and oxygen atoms in total. The summed E-state index contributed by atoms with van der Waals surface area (Å²) in [5, 5.41) is 5.75. The fraction of sp³-hybridized carbons (Fsp3) is 0.500. The lowest BCUT2D eigenvalue weighted by atomic mass is 10.1. The number of fused-ring (bicyclic) bond motifs is 1. The van der Waals surface area contributed by atoms with Gasteiger partial charge in [-0.05, 0) is 18.2 Å². The van der Waals surface area contributed by atoms with Crippen molar-refractivity contribution in [1.82, 2.24) is 10.6 Å². The normalized spacial score (nSPS) is 16.6. The molecule has 1 aliphatic rings. The second-order valence-electron chi connectivity index (χ2n) is 4.67. The number of methoxy groups -OCH3 is 1. The maximum atomic E-state index is 13.1. The summed E-state index contributed by atoms with van der Waals surface area (Å²) in [5.41, 5.74) is 0.876. The lowest BCUT2D eigenvalue weighted by Crippen LogP contribution is -2.39. The summed E-state index contributed by atoms with van der Waals surface area (Å²) in [6.45, 7) is 1.78. The van der Waals surface area contributed by atoms with Gasteiger partial charge < -0.3 is 20.1 Å². The number of hydrogen-bond donors (Lipinski definition) is 2. The number of amides is 1. The first-order chi connectivity index (χ1) is 9.69. The molecule has 0 aromatic heterocycles. The van der Waals surface area contributed by atoms with Gasteiger partial charge in [0.1, 0.15) is 17.7 Å². The van der Waals surface area contributed by atoms with E-state index in [4.69, 9.17) is 9.47 Å². The molecule has 1 atom stereocenters.